The van der Waals surface area contributed by atoms with Crippen LogP contribution in [-0.2, 0) is 9.59 Å². The fourth-order valence-electron chi connectivity index (χ4n) is 2.05. The van der Waals surface area contributed by atoms with Crippen molar-refractivity contribution in [3.8, 4) is 0 Å². The maximum Gasteiger partial charge on any atom is 0.306 e. The molecule has 0 fully saturated rings. The summed E-state index contributed by atoms with van der Waals surface area (Å²) in [5.41, 5.74) is 0. The molecule has 0 aromatic rings. The first-order valence-electron chi connectivity index (χ1n) is 7.02. The van der Waals surface area contributed by atoms with E-state index in [0.717, 1.165) is 51.4 Å². The summed E-state index contributed by atoms with van der Waals surface area (Å²) in [6.45, 7) is 2.11. The van der Waals surface area contributed by atoms with Crippen molar-refractivity contribution in [3.05, 3.63) is 0 Å². The maximum atomic E-state index is 11.0. The highest BCUT2D eigenvalue weighted by Crippen LogP contribution is 2.18. The molecule has 0 saturated carbocycles. The summed E-state index contributed by atoms with van der Waals surface area (Å²) in [5, 5.41) is 17.5. The van der Waals surface area contributed by atoms with E-state index < -0.39 is 11.9 Å². The molecular weight excluding hydrogens is 232 g/mol. The highest BCUT2D eigenvalue weighted by atomic mass is 16.4. The Kier molecular flexibility index (Phi) is 10.4. The summed E-state index contributed by atoms with van der Waals surface area (Å²) in [5.74, 6) is -1.65. The van der Waals surface area contributed by atoms with Crippen molar-refractivity contribution in [1.29, 1.82) is 0 Å². The van der Waals surface area contributed by atoms with Gasteiger partial charge in [-0.05, 0) is 19.3 Å². The molecule has 0 rings (SSSR count). The van der Waals surface area contributed by atoms with Gasteiger partial charge in [-0.2, -0.15) is 0 Å². The molecule has 0 aliphatic rings. The van der Waals surface area contributed by atoms with Crippen LogP contribution < -0.4 is 0 Å². The van der Waals surface area contributed by atoms with Crippen molar-refractivity contribution in [2.45, 2.75) is 71.1 Å². The Labute approximate surface area is 109 Å². The molecule has 106 valence electrons. The van der Waals surface area contributed by atoms with Crippen LogP contribution in [-0.4, -0.2) is 22.2 Å². The van der Waals surface area contributed by atoms with Gasteiger partial charge in [-0.1, -0.05) is 45.4 Å². The molecule has 0 saturated heterocycles. The highest BCUT2D eigenvalue weighted by Gasteiger charge is 2.15. The first-order chi connectivity index (χ1) is 8.57. The maximum absolute atomic E-state index is 11.0. The minimum Gasteiger partial charge on any atom is -0.481 e. The van der Waals surface area contributed by atoms with Gasteiger partial charge in [0.1, 0.15) is 0 Å². The van der Waals surface area contributed by atoms with Gasteiger partial charge in [-0.25, -0.2) is 0 Å². The average molecular weight is 258 g/mol. The summed E-state index contributed by atoms with van der Waals surface area (Å²) in [6.07, 6.45) is 8.34. The number of aliphatic carboxylic acids is 2. The smallest absolute Gasteiger partial charge is 0.306 e. The van der Waals surface area contributed by atoms with Crippen LogP contribution in [0.1, 0.15) is 71.1 Å². The van der Waals surface area contributed by atoms with Gasteiger partial charge in [-0.15, -0.1) is 0 Å². The summed E-state index contributed by atoms with van der Waals surface area (Å²) < 4.78 is 0. The van der Waals surface area contributed by atoms with Crippen LogP contribution >= 0.6 is 0 Å². The Balaban J connectivity index is 3.57. The van der Waals surface area contributed by atoms with Gasteiger partial charge in [0.15, 0.2) is 0 Å². The zero-order valence-corrected chi connectivity index (χ0v) is 11.4. The molecule has 18 heavy (non-hydrogen) atoms. The fourth-order valence-corrected chi connectivity index (χ4v) is 2.05. The zero-order valence-electron chi connectivity index (χ0n) is 11.4. The van der Waals surface area contributed by atoms with E-state index in [1.165, 1.54) is 0 Å². The van der Waals surface area contributed by atoms with E-state index in [0.29, 0.717) is 6.42 Å². The molecule has 0 aromatic heterocycles. The van der Waals surface area contributed by atoms with E-state index in [2.05, 4.69) is 6.92 Å². The molecule has 0 aliphatic carbocycles. The van der Waals surface area contributed by atoms with Crippen molar-refractivity contribution >= 4 is 11.9 Å². The van der Waals surface area contributed by atoms with E-state index in [1.54, 1.807) is 0 Å². The molecule has 4 nitrogen and oxygen atoms in total. The van der Waals surface area contributed by atoms with Gasteiger partial charge in [0.05, 0.1) is 5.92 Å². The van der Waals surface area contributed by atoms with Crippen LogP contribution in [0, 0.1) is 5.92 Å². The largest absolute Gasteiger partial charge is 0.481 e. The first kappa shape index (κ1) is 16.9. The Morgan fingerprint density at radius 1 is 0.889 bits per heavy atom. The third-order valence-corrected chi connectivity index (χ3v) is 3.20. The van der Waals surface area contributed by atoms with Crippen LogP contribution in [0.4, 0.5) is 0 Å². The van der Waals surface area contributed by atoms with Crippen molar-refractivity contribution in [1.82, 2.24) is 0 Å². The Morgan fingerprint density at radius 3 is 1.94 bits per heavy atom. The van der Waals surface area contributed by atoms with Crippen LogP contribution in [0.5, 0.6) is 0 Å². The quantitative estimate of drug-likeness (QED) is 0.523. The van der Waals surface area contributed by atoms with E-state index in [-0.39, 0.29) is 12.3 Å². The molecule has 0 bridgehead atoms. The number of hydrogen-bond acceptors (Lipinski definition) is 2. The predicted octanol–water partition coefficient (Wildman–Crippen LogP) is 3.69. The minimum atomic E-state index is -0.752. The summed E-state index contributed by atoms with van der Waals surface area (Å²) in [7, 11) is 0. The van der Waals surface area contributed by atoms with Gasteiger partial charge in [0.2, 0.25) is 0 Å². The molecule has 0 aliphatic heterocycles. The van der Waals surface area contributed by atoms with Gasteiger partial charge in [-0.3, -0.25) is 9.59 Å². The SMILES string of the molecule is CCCCCC(CCCCCCC(=O)O)C(=O)O. The average Bonchev–Trinajstić information content (AvgIpc) is 2.30. The van der Waals surface area contributed by atoms with Gasteiger partial charge < -0.3 is 10.2 Å². The molecule has 0 spiro atoms. The highest BCUT2D eigenvalue weighted by molar-refractivity contribution is 5.69. The normalized spacial score (nSPS) is 12.3. The van der Waals surface area contributed by atoms with Crippen molar-refractivity contribution in [2.75, 3.05) is 0 Å². The zero-order chi connectivity index (χ0) is 13.8. The Hall–Kier alpha value is -1.06. The number of carbonyl (C=O) groups is 2. The van der Waals surface area contributed by atoms with Crippen molar-refractivity contribution in [3.63, 3.8) is 0 Å². The van der Waals surface area contributed by atoms with Crippen LogP contribution in [0.15, 0.2) is 0 Å². The summed E-state index contributed by atoms with van der Waals surface area (Å²) in [6, 6.07) is 0. The predicted molar refractivity (Wildman–Crippen MR) is 70.6 cm³/mol. The first-order valence-corrected chi connectivity index (χ1v) is 7.02. The lowest BCUT2D eigenvalue weighted by Crippen LogP contribution is -2.13. The van der Waals surface area contributed by atoms with Gasteiger partial charge in [0, 0.05) is 6.42 Å². The molecule has 0 radical (unpaired) electrons. The van der Waals surface area contributed by atoms with Crippen LogP contribution in [0.2, 0.25) is 0 Å². The van der Waals surface area contributed by atoms with Gasteiger partial charge >= 0.3 is 11.9 Å². The van der Waals surface area contributed by atoms with Crippen LogP contribution in [0.25, 0.3) is 0 Å². The van der Waals surface area contributed by atoms with Crippen molar-refractivity contribution < 1.29 is 19.8 Å². The molecular formula is C14H26O4. The van der Waals surface area contributed by atoms with E-state index in [1.807, 2.05) is 0 Å². The van der Waals surface area contributed by atoms with E-state index in [4.69, 9.17) is 10.2 Å². The topological polar surface area (TPSA) is 74.6 Å². The number of carboxylic acid groups (broad SMARTS) is 2. The lowest BCUT2D eigenvalue weighted by atomic mass is 9.95. The molecule has 2 N–H and O–H groups in total. The molecule has 4 heteroatoms. The summed E-state index contributed by atoms with van der Waals surface area (Å²) >= 11 is 0. The second-order valence-electron chi connectivity index (χ2n) is 4.88. The number of unbranched alkanes of at least 4 members (excludes halogenated alkanes) is 5. The monoisotopic (exact) mass is 258 g/mol. The molecule has 0 aromatic carbocycles. The second-order valence-corrected chi connectivity index (χ2v) is 4.88. The lowest BCUT2D eigenvalue weighted by Gasteiger charge is -2.11. The minimum absolute atomic E-state index is 0.212. The van der Waals surface area contributed by atoms with Crippen LogP contribution in [0.3, 0.4) is 0 Å². The van der Waals surface area contributed by atoms with Crippen molar-refractivity contribution in [2.24, 2.45) is 5.92 Å². The van der Waals surface area contributed by atoms with Gasteiger partial charge in [0.25, 0.3) is 0 Å². The molecule has 1 unspecified atom stereocenters. The second kappa shape index (κ2) is 11.1. The molecule has 1 atom stereocenters. The lowest BCUT2D eigenvalue weighted by molar-refractivity contribution is -0.142. The number of hydrogen-bond donors (Lipinski definition) is 2. The number of carboxylic acids is 2. The third-order valence-electron chi connectivity index (χ3n) is 3.20. The summed E-state index contributed by atoms with van der Waals surface area (Å²) in [4.78, 5) is 21.3. The molecule has 0 amide bonds. The number of rotatable bonds is 12. The van der Waals surface area contributed by atoms with E-state index >= 15 is 0 Å². The molecule has 0 heterocycles. The van der Waals surface area contributed by atoms with E-state index in [9.17, 15) is 9.59 Å². The third kappa shape index (κ3) is 10.1. The fraction of sp³-hybridized carbons (Fsp3) is 0.857. The Bertz CT molecular complexity index is 238. The Morgan fingerprint density at radius 2 is 1.44 bits per heavy atom. The standard InChI is InChI=1S/C14H26O4/c1-2-3-6-9-12(14(17)18)10-7-4-5-8-11-13(15)16/h12H,2-11H2,1H3,(H,15,16)(H,17,18).